The summed E-state index contributed by atoms with van der Waals surface area (Å²) in [5.74, 6) is -0.868. The number of hydrogen-bond acceptors (Lipinski definition) is 5. The molecule has 2 N–H and O–H groups in total. The third-order valence-electron chi connectivity index (χ3n) is 3.53. The van der Waals surface area contributed by atoms with Gasteiger partial charge in [-0.3, -0.25) is 30.6 Å². The standard InChI is InChI=1S/C17H25N3O5/c1-3-4-5-6-7-8-11-25-16-10-9-14(20(23)24)12-15(16)17(22)19-18-13(2)21/h9-10,12H,3-8,11H2,1-2H3,(H,18,21)(H,19,22). The molecular formula is C17H25N3O5. The summed E-state index contributed by atoms with van der Waals surface area (Å²) in [5, 5.41) is 10.9. The maximum atomic E-state index is 12.1. The molecule has 0 fully saturated rings. The second kappa shape index (κ2) is 11.0. The van der Waals surface area contributed by atoms with E-state index < -0.39 is 16.7 Å². The molecule has 2 amide bonds. The Bertz CT molecular complexity index is 604. The van der Waals surface area contributed by atoms with E-state index >= 15 is 0 Å². The number of carbonyl (C=O) groups excluding carboxylic acids is 2. The Balaban J connectivity index is 2.68. The maximum absolute atomic E-state index is 12.1. The normalized spacial score (nSPS) is 10.2. The van der Waals surface area contributed by atoms with Crippen LogP contribution < -0.4 is 15.6 Å². The van der Waals surface area contributed by atoms with E-state index in [4.69, 9.17) is 4.74 Å². The topological polar surface area (TPSA) is 111 Å². The van der Waals surface area contributed by atoms with Gasteiger partial charge in [0.15, 0.2) is 0 Å². The molecule has 25 heavy (non-hydrogen) atoms. The minimum absolute atomic E-state index is 0.00827. The van der Waals surface area contributed by atoms with Gasteiger partial charge in [-0.05, 0) is 12.5 Å². The molecule has 0 radical (unpaired) electrons. The molecule has 8 nitrogen and oxygen atoms in total. The van der Waals surface area contributed by atoms with E-state index in [9.17, 15) is 19.7 Å². The van der Waals surface area contributed by atoms with Crippen molar-refractivity contribution < 1.29 is 19.2 Å². The van der Waals surface area contributed by atoms with E-state index in [-0.39, 0.29) is 17.0 Å². The van der Waals surface area contributed by atoms with Gasteiger partial charge < -0.3 is 4.74 Å². The van der Waals surface area contributed by atoms with E-state index in [1.165, 1.54) is 38.3 Å². The predicted molar refractivity (Wildman–Crippen MR) is 93.3 cm³/mol. The zero-order valence-corrected chi connectivity index (χ0v) is 14.7. The van der Waals surface area contributed by atoms with Crippen LogP contribution in [0.1, 0.15) is 62.7 Å². The van der Waals surface area contributed by atoms with Crippen LogP contribution in [0.3, 0.4) is 0 Å². The summed E-state index contributed by atoms with van der Waals surface area (Å²) in [7, 11) is 0. The van der Waals surface area contributed by atoms with E-state index in [2.05, 4.69) is 17.8 Å². The number of nitrogens with one attached hydrogen (secondary N) is 2. The van der Waals surface area contributed by atoms with Crippen molar-refractivity contribution in [2.45, 2.75) is 52.4 Å². The number of ether oxygens (including phenoxy) is 1. The summed E-state index contributed by atoms with van der Waals surface area (Å²) in [6, 6.07) is 3.82. The largest absolute Gasteiger partial charge is 0.493 e. The van der Waals surface area contributed by atoms with Gasteiger partial charge in [-0.15, -0.1) is 0 Å². The van der Waals surface area contributed by atoms with E-state index in [0.29, 0.717) is 6.61 Å². The third-order valence-corrected chi connectivity index (χ3v) is 3.53. The summed E-state index contributed by atoms with van der Waals surface area (Å²) in [5.41, 5.74) is 4.13. The monoisotopic (exact) mass is 351 g/mol. The highest BCUT2D eigenvalue weighted by atomic mass is 16.6. The molecule has 0 atom stereocenters. The Morgan fingerprint density at radius 1 is 1.12 bits per heavy atom. The molecule has 0 unspecified atom stereocenters. The first-order valence-electron chi connectivity index (χ1n) is 8.43. The fourth-order valence-corrected chi connectivity index (χ4v) is 2.21. The number of non-ortho nitro benzene ring substituents is 1. The van der Waals surface area contributed by atoms with E-state index in [0.717, 1.165) is 25.3 Å². The molecule has 0 heterocycles. The van der Waals surface area contributed by atoms with Gasteiger partial charge in [0.25, 0.3) is 11.6 Å². The van der Waals surface area contributed by atoms with Crippen molar-refractivity contribution in [2.24, 2.45) is 0 Å². The van der Waals surface area contributed by atoms with Crippen molar-refractivity contribution in [3.63, 3.8) is 0 Å². The van der Waals surface area contributed by atoms with Gasteiger partial charge in [0, 0.05) is 19.1 Å². The van der Waals surface area contributed by atoms with E-state index in [1.807, 2.05) is 0 Å². The Kier molecular flexibility index (Phi) is 8.99. The molecule has 1 rings (SSSR count). The Hall–Kier alpha value is -2.64. The lowest BCUT2D eigenvalue weighted by Gasteiger charge is -2.12. The number of rotatable bonds is 10. The molecule has 0 bridgehead atoms. The van der Waals surface area contributed by atoms with Crippen molar-refractivity contribution in [3.05, 3.63) is 33.9 Å². The average Bonchev–Trinajstić information content (AvgIpc) is 2.58. The van der Waals surface area contributed by atoms with Crippen LogP contribution in [0.25, 0.3) is 0 Å². The van der Waals surface area contributed by atoms with Crippen LogP contribution in [-0.2, 0) is 4.79 Å². The SMILES string of the molecule is CCCCCCCCOc1ccc([N+](=O)[O-])cc1C(=O)NNC(C)=O. The zero-order chi connectivity index (χ0) is 18.7. The van der Waals surface area contributed by atoms with Crippen LogP contribution in [0.5, 0.6) is 5.75 Å². The number of carbonyl (C=O) groups is 2. The van der Waals surface area contributed by atoms with Crippen LogP contribution in [0.15, 0.2) is 18.2 Å². The lowest BCUT2D eigenvalue weighted by Crippen LogP contribution is -2.40. The molecule has 1 aromatic rings. The fraction of sp³-hybridized carbons (Fsp3) is 0.529. The van der Waals surface area contributed by atoms with Crippen LogP contribution in [0.4, 0.5) is 5.69 Å². The summed E-state index contributed by atoms with van der Waals surface area (Å²) < 4.78 is 5.61. The summed E-state index contributed by atoms with van der Waals surface area (Å²) >= 11 is 0. The number of amides is 2. The smallest absolute Gasteiger partial charge is 0.273 e. The van der Waals surface area contributed by atoms with Gasteiger partial charge in [-0.1, -0.05) is 39.0 Å². The lowest BCUT2D eigenvalue weighted by molar-refractivity contribution is -0.384. The quantitative estimate of drug-likeness (QED) is 0.382. The van der Waals surface area contributed by atoms with Crippen molar-refractivity contribution in [3.8, 4) is 5.75 Å². The zero-order valence-electron chi connectivity index (χ0n) is 14.7. The minimum Gasteiger partial charge on any atom is -0.493 e. The summed E-state index contributed by atoms with van der Waals surface area (Å²) in [6.45, 7) is 3.82. The fourth-order valence-electron chi connectivity index (χ4n) is 2.21. The molecule has 138 valence electrons. The minimum atomic E-state index is -0.670. The van der Waals surface area contributed by atoms with Crippen molar-refractivity contribution in [1.29, 1.82) is 0 Å². The average molecular weight is 351 g/mol. The molecule has 0 spiro atoms. The Labute approximate surface area is 147 Å². The van der Waals surface area contributed by atoms with Crippen LogP contribution in [-0.4, -0.2) is 23.3 Å². The molecule has 0 aliphatic heterocycles. The first-order chi connectivity index (χ1) is 12.0. The first kappa shape index (κ1) is 20.4. The number of nitro groups is 1. The van der Waals surface area contributed by atoms with Crippen molar-refractivity contribution >= 4 is 17.5 Å². The number of hydrogen-bond donors (Lipinski definition) is 2. The van der Waals surface area contributed by atoms with Crippen LogP contribution in [0.2, 0.25) is 0 Å². The third kappa shape index (κ3) is 7.65. The Morgan fingerprint density at radius 2 is 1.80 bits per heavy atom. The molecule has 8 heteroatoms. The molecule has 1 aromatic carbocycles. The molecule has 0 saturated carbocycles. The van der Waals surface area contributed by atoms with Crippen LogP contribution >= 0.6 is 0 Å². The second-order valence-corrected chi connectivity index (χ2v) is 5.69. The molecule has 0 aliphatic carbocycles. The number of nitrogens with zero attached hydrogens (tertiary/aromatic N) is 1. The molecule has 0 aliphatic rings. The van der Waals surface area contributed by atoms with Crippen molar-refractivity contribution in [1.82, 2.24) is 10.9 Å². The van der Waals surface area contributed by atoms with Crippen LogP contribution in [0, 0.1) is 10.1 Å². The summed E-state index contributed by atoms with van der Waals surface area (Å²) in [4.78, 5) is 33.3. The van der Waals surface area contributed by atoms with Gasteiger partial charge in [-0.2, -0.15) is 0 Å². The predicted octanol–water partition coefficient (Wildman–Crippen LogP) is 3.12. The first-order valence-corrected chi connectivity index (χ1v) is 8.43. The number of hydrazine groups is 1. The Morgan fingerprint density at radius 3 is 2.44 bits per heavy atom. The van der Waals surface area contributed by atoms with Gasteiger partial charge in [0.1, 0.15) is 5.75 Å². The number of benzene rings is 1. The van der Waals surface area contributed by atoms with Gasteiger partial charge >= 0.3 is 0 Å². The number of unbranched alkanes of at least 4 members (excludes halogenated alkanes) is 5. The van der Waals surface area contributed by atoms with Crippen molar-refractivity contribution in [2.75, 3.05) is 6.61 Å². The van der Waals surface area contributed by atoms with Gasteiger partial charge in [0.05, 0.1) is 17.1 Å². The maximum Gasteiger partial charge on any atom is 0.273 e. The highest BCUT2D eigenvalue weighted by Crippen LogP contribution is 2.24. The second-order valence-electron chi connectivity index (χ2n) is 5.69. The molecule has 0 aromatic heterocycles. The van der Waals surface area contributed by atoms with E-state index in [1.54, 1.807) is 0 Å². The van der Waals surface area contributed by atoms with Gasteiger partial charge in [-0.25, -0.2) is 0 Å². The highest BCUT2D eigenvalue weighted by molar-refractivity contribution is 5.98. The highest BCUT2D eigenvalue weighted by Gasteiger charge is 2.18. The lowest BCUT2D eigenvalue weighted by atomic mass is 10.1. The molecular weight excluding hydrogens is 326 g/mol. The van der Waals surface area contributed by atoms with Gasteiger partial charge in [0.2, 0.25) is 5.91 Å². The molecule has 0 saturated heterocycles. The number of nitro benzene ring substituents is 1. The summed E-state index contributed by atoms with van der Waals surface area (Å²) in [6.07, 6.45) is 6.60.